The molecule has 2 heterocycles. The fraction of sp³-hybridized carbons (Fsp3) is 0.393. The number of nitrogens with zero attached hydrogens (tertiary/aromatic N) is 2. The smallest absolute Gasteiger partial charge is 0.270 e. The minimum atomic E-state index is -0.483. The highest BCUT2D eigenvalue weighted by molar-refractivity contribution is 7.80. The molecule has 0 aliphatic carbocycles. The van der Waals surface area contributed by atoms with Crippen LogP contribution in [-0.4, -0.2) is 35.6 Å². The number of amides is 2. The standard InChI is InChI=1S/C28H33N3O3S/c1-7-30-24-13-17(3)19(14-22(24)18(4)16-28(30,5)6)15-23-25(32)29-27(35)31(26(23)33)20-9-11-21(12-10-20)34-8-2/h9-15,18H,7-8,16H2,1-6H3,(H,29,32,35)/b23-15+/t18-/m0/s1. The van der Waals surface area contributed by atoms with E-state index in [0.29, 0.717) is 24.0 Å². The second-order valence-electron chi connectivity index (χ2n) is 9.81. The Kier molecular flexibility index (Phi) is 6.73. The van der Waals surface area contributed by atoms with Gasteiger partial charge < -0.3 is 9.64 Å². The van der Waals surface area contributed by atoms with Gasteiger partial charge in [0.05, 0.1) is 12.3 Å². The number of hydrogen-bond acceptors (Lipinski definition) is 5. The molecule has 0 aromatic heterocycles. The zero-order chi connectivity index (χ0) is 25.5. The normalized spacial score (nSPS) is 20.7. The van der Waals surface area contributed by atoms with E-state index in [4.69, 9.17) is 17.0 Å². The molecule has 184 valence electrons. The summed E-state index contributed by atoms with van der Waals surface area (Å²) in [6.07, 6.45) is 2.73. The zero-order valence-corrected chi connectivity index (χ0v) is 22.1. The first-order chi connectivity index (χ1) is 16.6. The summed E-state index contributed by atoms with van der Waals surface area (Å²) in [5.74, 6) is 0.145. The Morgan fingerprint density at radius 2 is 1.86 bits per heavy atom. The molecule has 0 spiro atoms. The maximum atomic E-state index is 13.5. The molecule has 2 aromatic rings. The van der Waals surface area contributed by atoms with Gasteiger partial charge >= 0.3 is 0 Å². The van der Waals surface area contributed by atoms with Crippen LogP contribution in [0.3, 0.4) is 0 Å². The molecule has 0 radical (unpaired) electrons. The summed E-state index contributed by atoms with van der Waals surface area (Å²) in [5.41, 5.74) is 5.06. The van der Waals surface area contributed by atoms with E-state index >= 15 is 0 Å². The number of fused-ring (bicyclic) bond motifs is 1. The summed E-state index contributed by atoms with van der Waals surface area (Å²) in [6.45, 7) is 14.4. The van der Waals surface area contributed by atoms with E-state index in [1.165, 1.54) is 16.2 Å². The highest BCUT2D eigenvalue weighted by atomic mass is 32.1. The second kappa shape index (κ2) is 9.46. The second-order valence-corrected chi connectivity index (χ2v) is 10.2. The molecule has 2 aromatic carbocycles. The van der Waals surface area contributed by atoms with E-state index in [0.717, 1.165) is 24.1 Å². The van der Waals surface area contributed by atoms with Crippen LogP contribution in [0.15, 0.2) is 42.0 Å². The molecule has 1 saturated heterocycles. The summed E-state index contributed by atoms with van der Waals surface area (Å²) in [4.78, 5) is 30.1. The summed E-state index contributed by atoms with van der Waals surface area (Å²) in [6, 6.07) is 11.4. The quantitative estimate of drug-likeness (QED) is 0.348. The first-order valence-corrected chi connectivity index (χ1v) is 12.5. The van der Waals surface area contributed by atoms with E-state index < -0.39 is 11.8 Å². The lowest BCUT2D eigenvalue weighted by atomic mass is 9.79. The summed E-state index contributed by atoms with van der Waals surface area (Å²) < 4.78 is 5.49. The number of hydrogen-bond donors (Lipinski definition) is 1. The van der Waals surface area contributed by atoms with E-state index in [-0.39, 0.29) is 16.2 Å². The van der Waals surface area contributed by atoms with E-state index in [1.54, 1.807) is 30.3 Å². The van der Waals surface area contributed by atoms with Crippen molar-refractivity contribution in [2.45, 2.75) is 59.4 Å². The lowest BCUT2D eigenvalue weighted by Gasteiger charge is -2.47. The number of carbonyl (C=O) groups is 2. The third kappa shape index (κ3) is 4.57. The maximum absolute atomic E-state index is 13.5. The molecule has 0 saturated carbocycles. The van der Waals surface area contributed by atoms with Crippen molar-refractivity contribution in [3.63, 3.8) is 0 Å². The molecule has 1 N–H and O–H groups in total. The Balaban J connectivity index is 1.73. The van der Waals surface area contributed by atoms with Crippen LogP contribution >= 0.6 is 12.2 Å². The molecule has 4 rings (SSSR count). The van der Waals surface area contributed by atoms with Crippen LogP contribution in [0.2, 0.25) is 0 Å². The van der Waals surface area contributed by atoms with Crippen molar-refractivity contribution in [2.24, 2.45) is 0 Å². The Morgan fingerprint density at radius 1 is 1.17 bits per heavy atom. The van der Waals surface area contributed by atoms with Crippen LogP contribution in [0, 0.1) is 6.92 Å². The Bertz CT molecular complexity index is 1220. The average Bonchev–Trinajstić information content (AvgIpc) is 2.78. The van der Waals surface area contributed by atoms with E-state index in [1.807, 2.05) is 13.8 Å². The summed E-state index contributed by atoms with van der Waals surface area (Å²) in [7, 11) is 0. The van der Waals surface area contributed by atoms with Gasteiger partial charge in [-0.05, 0) is 118 Å². The number of benzene rings is 2. The van der Waals surface area contributed by atoms with Gasteiger partial charge in [0.15, 0.2) is 5.11 Å². The van der Waals surface area contributed by atoms with Gasteiger partial charge in [-0.2, -0.15) is 0 Å². The maximum Gasteiger partial charge on any atom is 0.270 e. The topological polar surface area (TPSA) is 61.9 Å². The van der Waals surface area contributed by atoms with Crippen molar-refractivity contribution >= 4 is 46.6 Å². The number of ether oxygens (including phenoxy) is 1. The van der Waals surface area contributed by atoms with Crippen molar-refractivity contribution < 1.29 is 14.3 Å². The molecule has 6 nitrogen and oxygen atoms in total. The molecule has 2 aliphatic heterocycles. The highest BCUT2D eigenvalue weighted by Gasteiger charge is 2.37. The lowest BCUT2D eigenvalue weighted by Crippen LogP contribution is -2.54. The fourth-order valence-electron chi connectivity index (χ4n) is 5.31. The Morgan fingerprint density at radius 3 is 2.49 bits per heavy atom. The van der Waals surface area contributed by atoms with Crippen LogP contribution in [0.5, 0.6) is 5.75 Å². The molecule has 7 heteroatoms. The Labute approximate surface area is 212 Å². The third-order valence-corrected chi connectivity index (χ3v) is 7.18. The van der Waals surface area contributed by atoms with Gasteiger partial charge in [0.2, 0.25) is 0 Å². The van der Waals surface area contributed by atoms with Gasteiger partial charge in [-0.15, -0.1) is 0 Å². The van der Waals surface area contributed by atoms with Crippen molar-refractivity contribution in [3.05, 3.63) is 58.7 Å². The fourth-order valence-corrected chi connectivity index (χ4v) is 5.59. The van der Waals surface area contributed by atoms with Crippen molar-refractivity contribution in [1.82, 2.24) is 5.32 Å². The SMILES string of the molecule is CCOc1ccc(N2C(=O)/C(=C/c3cc4c(cc3C)N(CC)C(C)(C)C[C@@H]4C)C(=O)NC2=S)cc1. The minimum absolute atomic E-state index is 0.0617. The molecule has 1 fully saturated rings. The number of anilines is 2. The van der Waals surface area contributed by atoms with Gasteiger partial charge in [0.1, 0.15) is 11.3 Å². The van der Waals surface area contributed by atoms with Crippen molar-refractivity contribution in [3.8, 4) is 5.75 Å². The highest BCUT2D eigenvalue weighted by Crippen LogP contribution is 2.44. The number of nitrogens with one attached hydrogen (secondary N) is 1. The monoisotopic (exact) mass is 491 g/mol. The Hall–Kier alpha value is -3.19. The van der Waals surface area contributed by atoms with E-state index in [9.17, 15) is 9.59 Å². The van der Waals surface area contributed by atoms with Gasteiger partial charge in [-0.1, -0.05) is 6.92 Å². The third-order valence-electron chi connectivity index (χ3n) is 6.90. The van der Waals surface area contributed by atoms with Gasteiger partial charge in [0.25, 0.3) is 11.8 Å². The molecule has 0 bridgehead atoms. The van der Waals surface area contributed by atoms with Gasteiger partial charge in [0, 0.05) is 17.8 Å². The minimum Gasteiger partial charge on any atom is -0.494 e. The van der Waals surface area contributed by atoms with Crippen LogP contribution in [0.25, 0.3) is 6.08 Å². The molecule has 2 amide bonds. The zero-order valence-electron chi connectivity index (χ0n) is 21.3. The van der Waals surface area contributed by atoms with Gasteiger partial charge in [-0.25, -0.2) is 0 Å². The van der Waals surface area contributed by atoms with E-state index in [2.05, 4.69) is 50.0 Å². The number of aryl methyl sites for hydroxylation is 1. The molecule has 0 unspecified atom stereocenters. The molecular weight excluding hydrogens is 458 g/mol. The summed E-state index contributed by atoms with van der Waals surface area (Å²) >= 11 is 5.34. The molecule has 35 heavy (non-hydrogen) atoms. The van der Waals surface area contributed by atoms with Crippen LogP contribution in [-0.2, 0) is 9.59 Å². The van der Waals surface area contributed by atoms with Crippen LogP contribution in [0.1, 0.15) is 63.6 Å². The lowest BCUT2D eigenvalue weighted by molar-refractivity contribution is -0.122. The first kappa shape index (κ1) is 24.9. The predicted octanol–water partition coefficient (Wildman–Crippen LogP) is 5.34. The number of carbonyl (C=O) groups excluding carboxylic acids is 2. The van der Waals surface area contributed by atoms with Crippen LogP contribution in [0.4, 0.5) is 11.4 Å². The summed E-state index contributed by atoms with van der Waals surface area (Å²) in [5, 5.41) is 2.74. The van der Waals surface area contributed by atoms with Crippen LogP contribution < -0.4 is 19.9 Å². The van der Waals surface area contributed by atoms with Gasteiger partial charge in [-0.3, -0.25) is 19.8 Å². The largest absolute Gasteiger partial charge is 0.494 e. The number of thiocarbonyl (C=S) groups is 1. The first-order valence-electron chi connectivity index (χ1n) is 12.1. The van der Waals surface area contributed by atoms with Crippen molar-refractivity contribution in [1.29, 1.82) is 0 Å². The molecule has 2 aliphatic rings. The molecular formula is C28H33N3O3S. The number of rotatable bonds is 5. The van der Waals surface area contributed by atoms with Crippen molar-refractivity contribution in [2.75, 3.05) is 23.0 Å². The average molecular weight is 492 g/mol. The molecule has 1 atom stereocenters. The predicted molar refractivity (Wildman–Crippen MR) is 145 cm³/mol.